The zero-order chi connectivity index (χ0) is 15.6. The number of hydrogen-bond donors (Lipinski definition) is 2. The van der Waals surface area contributed by atoms with Crippen LogP contribution in [0.15, 0.2) is 36.4 Å². The molecule has 2 rings (SSSR count). The van der Waals surface area contributed by atoms with Crippen molar-refractivity contribution in [3.63, 3.8) is 0 Å². The van der Waals surface area contributed by atoms with Crippen LogP contribution < -0.4 is 5.32 Å². The number of aryl methyl sites for hydroxylation is 1. The van der Waals surface area contributed by atoms with E-state index in [0.717, 1.165) is 0 Å². The van der Waals surface area contributed by atoms with Gasteiger partial charge in [-0.1, -0.05) is 11.6 Å². The summed E-state index contributed by atoms with van der Waals surface area (Å²) in [5.41, 5.74) is 1.14. The van der Waals surface area contributed by atoms with Gasteiger partial charge in [0, 0.05) is 11.3 Å². The molecule has 2 aromatic rings. The zero-order valence-corrected chi connectivity index (χ0v) is 11.7. The first-order valence-corrected chi connectivity index (χ1v) is 6.36. The van der Waals surface area contributed by atoms with Gasteiger partial charge in [-0.3, -0.25) is 4.79 Å². The Kier molecular flexibility index (Phi) is 4.23. The van der Waals surface area contributed by atoms with Gasteiger partial charge < -0.3 is 10.4 Å². The minimum Gasteiger partial charge on any atom is -0.478 e. The smallest absolute Gasteiger partial charge is 0.337 e. The fourth-order valence-corrected chi connectivity index (χ4v) is 2.11. The van der Waals surface area contributed by atoms with Crippen LogP contribution in [0, 0.1) is 12.7 Å². The summed E-state index contributed by atoms with van der Waals surface area (Å²) in [6.45, 7) is 1.62. The number of nitrogens with one attached hydrogen (secondary N) is 1. The first kappa shape index (κ1) is 15.0. The Bertz CT molecular complexity index is 731. The van der Waals surface area contributed by atoms with Crippen molar-refractivity contribution in [3.05, 3.63) is 63.9 Å². The van der Waals surface area contributed by atoms with Crippen LogP contribution in [0.25, 0.3) is 0 Å². The number of rotatable bonds is 3. The van der Waals surface area contributed by atoms with Gasteiger partial charge in [-0.05, 0) is 48.9 Å². The second-order valence-electron chi connectivity index (χ2n) is 4.41. The normalized spacial score (nSPS) is 10.2. The highest BCUT2D eigenvalue weighted by atomic mass is 35.5. The predicted octanol–water partition coefficient (Wildman–Crippen LogP) is 3.74. The maximum Gasteiger partial charge on any atom is 0.337 e. The van der Waals surface area contributed by atoms with Crippen molar-refractivity contribution in [2.45, 2.75) is 6.92 Å². The molecule has 0 aromatic heterocycles. The van der Waals surface area contributed by atoms with Crippen LogP contribution in [0.2, 0.25) is 5.02 Å². The number of carbonyl (C=O) groups excluding carboxylic acids is 1. The van der Waals surface area contributed by atoms with Gasteiger partial charge in [0.2, 0.25) is 0 Å². The van der Waals surface area contributed by atoms with Gasteiger partial charge in [0.25, 0.3) is 5.91 Å². The summed E-state index contributed by atoms with van der Waals surface area (Å²) < 4.78 is 13.0. The minimum atomic E-state index is -1.15. The Balaban J connectivity index is 2.23. The van der Waals surface area contributed by atoms with E-state index in [4.69, 9.17) is 16.7 Å². The monoisotopic (exact) mass is 307 g/mol. The fraction of sp³-hybridized carbons (Fsp3) is 0.0667. The lowest BCUT2D eigenvalue weighted by atomic mass is 10.1. The molecule has 1 amide bonds. The number of carboxylic acids is 1. The van der Waals surface area contributed by atoms with Gasteiger partial charge in [0.05, 0.1) is 10.6 Å². The van der Waals surface area contributed by atoms with Gasteiger partial charge in [-0.15, -0.1) is 0 Å². The molecule has 0 bridgehead atoms. The summed E-state index contributed by atoms with van der Waals surface area (Å²) in [4.78, 5) is 22.9. The summed E-state index contributed by atoms with van der Waals surface area (Å²) >= 11 is 5.82. The minimum absolute atomic E-state index is 0.0242. The van der Waals surface area contributed by atoms with E-state index in [2.05, 4.69) is 5.32 Å². The molecule has 4 nitrogen and oxygen atoms in total. The average Bonchev–Trinajstić information content (AvgIpc) is 2.37. The molecule has 0 aliphatic carbocycles. The Morgan fingerprint density at radius 1 is 1.14 bits per heavy atom. The third-order valence-corrected chi connectivity index (χ3v) is 3.20. The van der Waals surface area contributed by atoms with Crippen molar-refractivity contribution in [1.29, 1.82) is 0 Å². The molecular weight excluding hydrogens is 297 g/mol. The Hall–Kier alpha value is -2.40. The van der Waals surface area contributed by atoms with Gasteiger partial charge in [0.1, 0.15) is 5.82 Å². The molecule has 6 heteroatoms. The van der Waals surface area contributed by atoms with Crippen LogP contribution >= 0.6 is 11.6 Å². The van der Waals surface area contributed by atoms with Gasteiger partial charge in [-0.25, -0.2) is 9.18 Å². The third-order valence-electron chi connectivity index (χ3n) is 2.89. The number of benzene rings is 2. The zero-order valence-electron chi connectivity index (χ0n) is 11.0. The molecule has 0 spiro atoms. The fourth-order valence-electron chi connectivity index (χ4n) is 1.85. The van der Waals surface area contributed by atoms with Crippen molar-refractivity contribution in [2.24, 2.45) is 0 Å². The molecule has 0 aliphatic heterocycles. The second kappa shape index (κ2) is 5.93. The quantitative estimate of drug-likeness (QED) is 0.907. The van der Waals surface area contributed by atoms with E-state index >= 15 is 0 Å². The van der Waals surface area contributed by atoms with Crippen LogP contribution in [0.3, 0.4) is 0 Å². The summed E-state index contributed by atoms with van der Waals surface area (Å²) in [6.07, 6.45) is 0. The van der Waals surface area contributed by atoms with Crippen molar-refractivity contribution >= 4 is 29.2 Å². The maximum atomic E-state index is 13.0. The molecular formula is C15H11ClFNO3. The van der Waals surface area contributed by atoms with Crippen LogP contribution in [0.1, 0.15) is 26.3 Å². The second-order valence-corrected chi connectivity index (χ2v) is 4.82. The van der Waals surface area contributed by atoms with Crippen LogP contribution in [0.5, 0.6) is 0 Å². The largest absolute Gasteiger partial charge is 0.478 e. The van der Waals surface area contributed by atoms with Crippen molar-refractivity contribution in [1.82, 2.24) is 0 Å². The van der Waals surface area contributed by atoms with Crippen molar-refractivity contribution < 1.29 is 19.1 Å². The van der Waals surface area contributed by atoms with E-state index in [1.165, 1.54) is 36.4 Å². The van der Waals surface area contributed by atoms with E-state index < -0.39 is 17.7 Å². The molecule has 0 saturated carbocycles. The van der Waals surface area contributed by atoms with E-state index in [0.29, 0.717) is 16.8 Å². The van der Waals surface area contributed by atoms with Crippen LogP contribution in [0.4, 0.5) is 10.1 Å². The lowest BCUT2D eigenvalue weighted by molar-refractivity contribution is 0.0697. The number of carbonyl (C=O) groups is 2. The maximum absolute atomic E-state index is 13.0. The van der Waals surface area contributed by atoms with E-state index in [1.54, 1.807) is 6.92 Å². The Morgan fingerprint density at radius 2 is 1.81 bits per heavy atom. The molecule has 0 saturated heterocycles. The van der Waals surface area contributed by atoms with E-state index in [1.807, 2.05) is 0 Å². The number of halogens is 2. The Morgan fingerprint density at radius 3 is 2.38 bits per heavy atom. The first-order valence-electron chi connectivity index (χ1n) is 5.99. The lowest BCUT2D eigenvalue weighted by Gasteiger charge is -2.09. The molecule has 2 N–H and O–H groups in total. The number of carboxylic acid groups (broad SMARTS) is 1. The highest BCUT2D eigenvalue weighted by molar-refractivity contribution is 6.33. The molecule has 108 valence electrons. The standard InChI is InChI=1S/C15H11ClFNO3/c1-8-6-9(17)2-4-11(8)14(19)18-10-3-5-12(15(20)21)13(16)7-10/h2-7H,1H3,(H,18,19)(H,20,21). The number of anilines is 1. The van der Waals surface area contributed by atoms with Crippen molar-refractivity contribution in [3.8, 4) is 0 Å². The number of hydrogen-bond acceptors (Lipinski definition) is 2. The molecule has 0 unspecified atom stereocenters. The number of aromatic carboxylic acids is 1. The molecule has 0 atom stereocenters. The summed E-state index contributed by atoms with van der Waals surface area (Å²) in [6, 6.07) is 7.93. The lowest BCUT2D eigenvalue weighted by Crippen LogP contribution is -2.13. The molecule has 2 aromatic carbocycles. The van der Waals surface area contributed by atoms with Gasteiger partial charge in [-0.2, -0.15) is 0 Å². The Labute approximate surface area is 125 Å². The van der Waals surface area contributed by atoms with Crippen molar-refractivity contribution in [2.75, 3.05) is 5.32 Å². The van der Waals surface area contributed by atoms with Crippen LogP contribution in [-0.2, 0) is 0 Å². The van der Waals surface area contributed by atoms with Gasteiger partial charge >= 0.3 is 5.97 Å². The predicted molar refractivity (Wildman–Crippen MR) is 77.5 cm³/mol. The summed E-state index contributed by atoms with van der Waals surface area (Å²) in [5.74, 6) is -1.99. The molecule has 21 heavy (non-hydrogen) atoms. The molecule has 0 heterocycles. The number of amides is 1. The van der Waals surface area contributed by atoms with E-state index in [9.17, 15) is 14.0 Å². The third kappa shape index (κ3) is 3.38. The summed E-state index contributed by atoms with van der Waals surface area (Å²) in [7, 11) is 0. The topological polar surface area (TPSA) is 66.4 Å². The first-order chi connectivity index (χ1) is 9.88. The average molecular weight is 308 g/mol. The molecule has 0 aliphatic rings. The summed E-state index contributed by atoms with van der Waals surface area (Å²) in [5, 5.41) is 11.5. The van der Waals surface area contributed by atoms with E-state index in [-0.39, 0.29) is 10.6 Å². The highest BCUT2D eigenvalue weighted by Crippen LogP contribution is 2.22. The highest BCUT2D eigenvalue weighted by Gasteiger charge is 2.13. The van der Waals surface area contributed by atoms with Gasteiger partial charge in [0.15, 0.2) is 0 Å². The SMILES string of the molecule is Cc1cc(F)ccc1C(=O)Nc1ccc(C(=O)O)c(Cl)c1. The van der Waals surface area contributed by atoms with Crippen LogP contribution in [-0.4, -0.2) is 17.0 Å². The molecule has 0 fully saturated rings. The molecule has 0 radical (unpaired) electrons.